The van der Waals surface area contributed by atoms with Crippen LogP contribution in [0, 0.1) is 29.1 Å². The highest BCUT2D eigenvalue weighted by molar-refractivity contribution is 4.94. The summed E-state index contributed by atoms with van der Waals surface area (Å²) in [4.78, 5) is 0. The normalized spacial score (nSPS) is 44.3. The molecule has 11 unspecified atom stereocenters. The van der Waals surface area contributed by atoms with Crippen LogP contribution in [0.15, 0.2) is 0 Å². The minimum absolute atomic E-state index is 0.182. The molecular weight excluding hydrogens is 524 g/mol. The van der Waals surface area contributed by atoms with Gasteiger partial charge in [0.25, 0.3) is 0 Å². The van der Waals surface area contributed by atoms with E-state index in [2.05, 4.69) is 0 Å². The monoisotopic (exact) mass is 578 g/mol. The maximum absolute atomic E-state index is 10.2. The molecule has 7 fully saturated rings. The molecule has 3 aliphatic heterocycles. The van der Waals surface area contributed by atoms with E-state index in [1.54, 1.807) is 0 Å². The highest BCUT2D eigenvalue weighted by Crippen LogP contribution is 2.42. The molecule has 3 heterocycles. The van der Waals surface area contributed by atoms with Crippen molar-refractivity contribution in [1.82, 2.24) is 0 Å². The van der Waals surface area contributed by atoms with Crippen molar-refractivity contribution in [2.24, 2.45) is 29.1 Å². The van der Waals surface area contributed by atoms with Gasteiger partial charge < -0.3 is 38.3 Å². The van der Waals surface area contributed by atoms with Crippen molar-refractivity contribution < 1.29 is 38.3 Å². The lowest BCUT2D eigenvalue weighted by Gasteiger charge is -2.36. The molecule has 0 aromatic carbocycles. The Kier molecular flexibility index (Phi) is 9.57. The molecular formula is C33H54O8. The standard InChI is InChI=1S/C33H54O8/c34-26-3-1-2-22(10-26)14-35-18-33(19-36-15-23-4-7-27-30(11-23)39-27,20-37-16-24-5-8-28-31(12-24)40-28)21-38-17-25-6-9-29-32(13-25)41-29/h22-32,34H,1-21H2. The van der Waals surface area contributed by atoms with E-state index >= 15 is 0 Å². The summed E-state index contributed by atoms with van der Waals surface area (Å²) in [5, 5.41) is 10.2. The number of ether oxygens (including phenoxy) is 7. The first-order valence-corrected chi connectivity index (χ1v) is 17.1. The first-order chi connectivity index (χ1) is 20.1. The van der Waals surface area contributed by atoms with Gasteiger partial charge in [0.15, 0.2) is 0 Å². The van der Waals surface area contributed by atoms with Crippen LogP contribution >= 0.6 is 0 Å². The fraction of sp³-hybridized carbons (Fsp3) is 1.00. The molecule has 3 saturated heterocycles. The molecule has 0 radical (unpaired) electrons. The maximum atomic E-state index is 10.2. The number of hydrogen-bond acceptors (Lipinski definition) is 8. The predicted molar refractivity (Wildman–Crippen MR) is 152 cm³/mol. The molecule has 234 valence electrons. The van der Waals surface area contributed by atoms with E-state index in [0.717, 1.165) is 64.8 Å². The highest BCUT2D eigenvalue weighted by atomic mass is 16.6. The van der Waals surface area contributed by atoms with Crippen LogP contribution in [0.3, 0.4) is 0 Å². The molecule has 4 aliphatic carbocycles. The Hall–Kier alpha value is -0.320. The smallest absolute Gasteiger partial charge is 0.0845 e. The molecule has 0 aromatic rings. The Bertz CT molecular complexity index is 734. The van der Waals surface area contributed by atoms with Crippen molar-refractivity contribution in [3.05, 3.63) is 0 Å². The fourth-order valence-electron chi connectivity index (χ4n) is 8.35. The number of aliphatic hydroxyl groups excluding tert-OH is 1. The van der Waals surface area contributed by atoms with Crippen LogP contribution in [0.1, 0.15) is 83.5 Å². The van der Waals surface area contributed by atoms with Crippen molar-refractivity contribution in [3.63, 3.8) is 0 Å². The van der Waals surface area contributed by atoms with Crippen LogP contribution in [0.25, 0.3) is 0 Å². The van der Waals surface area contributed by atoms with Gasteiger partial charge in [-0.15, -0.1) is 0 Å². The molecule has 8 heteroatoms. The molecule has 41 heavy (non-hydrogen) atoms. The van der Waals surface area contributed by atoms with Gasteiger partial charge in [-0.1, -0.05) is 6.42 Å². The molecule has 7 aliphatic rings. The van der Waals surface area contributed by atoms with Gasteiger partial charge in [-0.25, -0.2) is 0 Å². The second-order valence-electron chi connectivity index (χ2n) is 14.9. The average Bonchev–Trinajstić information content (AvgIpc) is 3.85. The van der Waals surface area contributed by atoms with Crippen molar-refractivity contribution in [1.29, 1.82) is 0 Å². The van der Waals surface area contributed by atoms with Crippen molar-refractivity contribution >= 4 is 0 Å². The van der Waals surface area contributed by atoms with Crippen LogP contribution in [-0.4, -0.2) is 101 Å². The van der Waals surface area contributed by atoms with Gasteiger partial charge in [0.1, 0.15) is 0 Å². The van der Waals surface area contributed by atoms with Crippen LogP contribution in [0.5, 0.6) is 0 Å². The summed E-state index contributed by atoms with van der Waals surface area (Å²) in [6.07, 6.45) is 17.3. The van der Waals surface area contributed by atoms with Crippen molar-refractivity contribution in [2.45, 2.75) is 126 Å². The average molecular weight is 579 g/mol. The summed E-state index contributed by atoms with van der Waals surface area (Å²) in [6, 6.07) is 0. The molecule has 0 bridgehead atoms. The lowest BCUT2D eigenvalue weighted by atomic mass is 9.87. The van der Waals surface area contributed by atoms with Crippen molar-refractivity contribution in [3.8, 4) is 0 Å². The van der Waals surface area contributed by atoms with Gasteiger partial charge in [0.2, 0.25) is 0 Å². The zero-order valence-corrected chi connectivity index (χ0v) is 25.0. The van der Waals surface area contributed by atoms with Crippen LogP contribution in [0.4, 0.5) is 0 Å². The second-order valence-corrected chi connectivity index (χ2v) is 14.9. The van der Waals surface area contributed by atoms with Gasteiger partial charge in [-0.3, -0.25) is 0 Å². The van der Waals surface area contributed by atoms with E-state index in [1.165, 1.54) is 38.5 Å². The van der Waals surface area contributed by atoms with E-state index in [0.29, 0.717) is 93.3 Å². The molecule has 11 atom stereocenters. The molecule has 0 spiro atoms. The molecule has 0 aromatic heterocycles. The molecule has 1 N–H and O–H groups in total. The lowest BCUT2D eigenvalue weighted by Crippen LogP contribution is -2.43. The zero-order chi connectivity index (χ0) is 27.6. The first-order valence-electron chi connectivity index (χ1n) is 17.1. The second kappa shape index (κ2) is 13.4. The van der Waals surface area contributed by atoms with E-state index in [4.69, 9.17) is 33.2 Å². The summed E-state index contributed by atoms with van der Waals surface area (Å²) < 4.78 is 43.3. The van der Waals surface area contributed by atoms with E-state index in [-0.39, 0.29) is 11.5 Å². The van der Waals surface area contributed by atoms with Gasteiger partial charge in [0, 0.05) is 26.4 Å². The SMILES string of the molecule is OC1CCCC(COCC(COCC2CCC3OC3C2)(COCC2CCC3OC3C2)COCC2CCC3OC3C2)C1. The van der Waals surface area contributed by atoms with E-state index in [9.17, 15) is 5.11 Å². The first kappa shape index (κ1) is 29.4. The third kappa shape index (κ3) is 8.24. The van der Waals surface area contributed by atoms with Crippen LogP contribution in [-0.2, 0) is 33.2 Å². The van der Waals surface area contributed by atoms with Gasteiger partial charge in [0.05, 0.1) is 74.6 Å². The molecule has 8 nitrogen and oxygen atoms in total. The molecule has 7 rings (SSSR count). The minimum Gasteiger partial charge on any atom is -0.393 e. The van der Waals surface area contributed by atoms with E-state index < -0.39 is 0 Å². The molecule has 4 saturated carbocycles. The van der Waals surface area contributed by atoms with E-state index in [1.807, 2.05) is 0 Å². The largest absolute Gasteiger partial charge is 0.393 e. The predicted octanol–water partition coefficient (Wildman–Crippen LogP) is 4.29. The topological polar surface area (TPSA) is 94.7 Å². The zero-order valence-electron chi connectivity index (χ0n) is 25.0. The van der Waals surface area contributed by atoms with Gasteiger partial charge in [-0.05, 0) is 101 Å². The number of aliphatic hydroxyl groups is 1. The fourth-order valence-corrected chi connectivity index (χ4v) is 8.35. The van der Waals surface area contributed by atoms with Crippen LogP contribution < -0.4 is 0 Å². The Morgan fingerprint density at radius 2 is 0.854 bits per heavy atom. The van der Waals surface area contributed by atoms with Gasteiger partial charge >= 0.3 is 0 Å². The summed E-state index contributed by atoms with van der Waals surface area (Å²) in [5.41, 5.74) is -0.346. The minimum atomic E-state index is -0.346. The summed E-state index contributed by atoms with van der Waals surface area (Å²) in [6.45, 7) is 5.33. The number of rotatable bonds is 16. The third-order valence-electron chi connectivity index (χ3n) is 11.1. The summed E-state index contributed by atoms with van der Waals surface area (Å²) >= 11 is 0. The Balaban J connectivity index is 0.957. The highest BCUT2D eigenvalue weighted by Gasteiger charge is 2.46. The Morgan fingerprint density at radius 1 is 0.463 bits per heavy atom. The van der Waals surface area contributed by atoms with Crippen LogP contribution in [0.2, 0.25) is 0 Å². The molecule has 0 amide bonds. The summed E-state index contributed by atoms with van der Waals surface area (Å²) in [5.74, 6) is 2.15. The lowest BCUT2D eigenvalue weighted by molar-refractivity contribution is -0.122. The van der Waals surface area contributed by atoms with Crippen molar-refractivity contribution in [2.75, 3.05) is 52.9 Å². The Morgan fingerprint density at radius 3 is 1.22 bits per heavy atom. The third-order valence-corrected chi connectivity index (χ3v) is 11.1. The Labute approximate surface area is 246 Å². The number of fused-ring (bicyclic) bond motifs is 3. The summed E-state index contributed by atoms with van der Waals surface area (Å²) in [7, 11) is 0. The quantitative estimate of drug-likeness (QED) is 0.271. The number of hydrogen-bond donors (Lipinski definition) is 1. The number of epoxide rings is 3. The van der Waals surface area contributed by atoms with Gasteiger partial charge in [-0.2, -0.15) is 0 Å². The maximum Gasteiger partial charge on any atom is 0.0845 e.